The Morgan fingerprint density at radius 1 is 1.28 bits per heavy atom. The molecule has 3 nitrogen and oxygen atoms in total. The summed E-state index contributed by atoms with van der Waals surface area (Å²) in [6.45, 7) is 7.45. The predicted molar refractivity (Wildman–Crippen MR) is 80.9 cm³/mol. The van der Waals surface area contributed by atoms with Gasteiger partial charge in [-0.25, -0.2) is 0 Å². The summed E-state index contributed by atoms with van der Waals surface area (Å²) in [7, 11) is 0. The van der Waals surface area contributed by atoms with Crippen molar-refractivity contribution in [2.45, 2.75) is 57.5 Å². The molecule has 2 N–H and O–H groups in total. The molecule has 0 aliphatic carbocycles. The highest BCUT2D eigenvalue weighted by Gasteiger charge is 2.32. The lowest BCUT2D eigenvalue weighted by molar-refractivity contribution is 0.0147. The van der Waals surface area contributed by atoms with Crippen LogP contribution < -0.4 is 5.73 Å². The van der Waals surface area contributed by atoms with E-state index < -0.39 is 0 Å². The topological polar surface area (TPSA) is 32.5 Å². The Balaban J connectivity index is 1.73. The average Bonchev–Trinajstić information content (AvgIpc) is 2.34. The lowest BCUT2D eigenvalue weighted by Crippen LogP contribution is -2.58. The van der Waals surface area contributed by atoms with E-state index in [-0.39, 0.29) is 0 Å². The Hall–Kier alpha value is -0.190. The zero-order chi connectivity index (χ0) is 13.0. The van der Waals surface area contributed by atoms with E-state index >= 15 is 0 Å². The summed E-state index contributed by atoms with van der Waals surface area (Å²) in [5, 5.41) is 0. The van der Waals surface area contributed by atoms with Crippen molar-refractivity contribution >= 4 is 17.2 Å². The SMILES string of the molecule is CC1CN2CCCCC2CN1CCCCC(N)=S. The normalized spacial score (nSPS) is 30.1. The third-order valence-electron chi connectivity index (χ3n) is 4.43. The molecule has 0 radical (unpaired) electrons. The zero-order valence-corrected chi connectivity index (χ0v) is 12.4. The van der Waals surface area contributed by atoms with Crippen molar-refractivity contribution < 1.29 is 0 Å². The fourth-order valence-electron chi connectivity index (χ4n) is 3.34. The third-order valence-corrected chi connectivity index (χ3v) is 4.64. The van der Waals surface area contributed by atoms with Gasteiger partial charge in [0.25, 0.3) is 0 Å². The van der Waals surface area contributed by atoms with E-state index in [9.17, 15) is 0 Å². The van der Waals surface area contributed by atoms with Crippen molar-refractivity contribution in [2.75, 3.05) is 26.2 Å². The second kappa shape index (κ2) is 6.83. The summed E-state index contributed by atoms with van der Waals surface area (Å²) in [4.78, 5) is 6.05. The van der Waals surface area contributed by atoms with Gasteiger partial charge in [0.2, 0.25) is 0 Å². The summed E-state index contributed by atoms with van der Waals surface area (Å²) in [5.74, 6) is 0. The molecular formula is C14H27N3S. The fourth-order valence-corrected chi connectivity index (χ4v) is 3.48. The van der Waals surface area contributed by atoms with Crippen LogP contribution in [0, 0.1) is 0 Å². The number of hydrogen-bond donors (Lipinski definition) is 1. The van der Waals surface area contributed by atoms with Crippen LogP contribution in [0.25, 0.3) is 0 Å². The lowest BCUT2D eigenvalue weighted by Gasteiger charge is -2.47. The molecule has 2 aliphatic rings. The van der Waals surface area contributed by atoms with Gasteiger partial charge in [-0.1, -0.05) is 18.6 Å². The smallest absolute Gasteiger partial charge is 0.0727 e. The van der Waals surface area contributed by atoms with E-state index in [4.69, 9.17) is 18.0 Å². The second-order valence-corrected chi connectivity index (χ2v) is 6.44. The number of nitrogens with two attached hydrogens (primary N) is 1. The molecule has 0 aromatic heterocycles. The molecule has 0 aromatic rings. The third kappa shape index (κ3) is 3.90. The molecule has 2 aliphatic heterocycles. The summed E-state index contributed by atoms with van der Waals surface area (Å²) < 4.78 is 0. The van der Waals surface area contributed by atoms with Crippen molar-refractivity contribution in [3.8, 4) is 0 Å². The standard InChI is InChI=1S/C14H27N3S/c1-12-10-17-9-4-2-6-13(17)11-16(12)8-5-3-7-14(15)18/h12-13H,2-11H2,1H3,(H2,15,18). The molecule has 0 saturated carbocycles. The van der Waals surface area contributed by atoms with Gasteiger partial charge in [-0.3, -0.25) is 9.80 Å². The van der Waals surface area contributed by atoms with Crippen LogP contribution >= 0.6 is 12.2 Å². The van der Waals surface area contributed by atoms with Crippen LogP contribution in [0.5, 0.6) is 0 Å². The van der Waals surface area contributed by atoms with Gasteiger partial charge in [-0.2, -0.15) is 0 Å². The minimum Gasteiger partial charge on any atom is -0.393 e. The molecule has 2 rings (SSSR count). The molecule has 0 spiro atoms. The Labute approximate surface area is 117 Å². The molecule has 2 saturated heterocycles. The minimum atomic E-state index is 0.667. The van der Waals surface area contributed by atoms with Gasteiger partial charge in [0.15, 0.2) is 0 Å². The van der Waals surface area contributed by atoms with Gasteiger partial charge in [0.1, 0.15) is 0 Å². The van der Waals surface area contributed by atoms with E-state index in [0.29, 0.717) is 11.0 Å². The monoisotopic (exact) mass is 269 g/mol. The summed E-state index contributed by atoms with van der Waals surface area (Å²) in [5.41, 5.74) is 5.54. The van der Waals surface area contributed by atoms with Gasteiger partial charge in [-0.15, -0.1) is 0 Å². The number of piperazine rings is 1. The molecular weight excluding hydrogens is 242 g/mol. The Bertz CT molecular complexity index is 282. The maximum atomic E-state index is 5.54. The van der Waals surface area contributed by atoms with Crippen LogP contribution in [0.3, 0.4) is 0 Å². The fraction of sp³-hybridized carbons (Fsp3) is 0.929. The second-order valence-electron chi connectivity index (χ2n) is 5.91. The minimum absolute atomic E-state index is 0.667. The molecule has 0 amide bonds. The van der Waals surface area contributed by atoms with Crippen LogP contribution in [-0.2, 0) is 0 Å². The van der Waals surface area contributed by atoms with Crippen LogP contribution in [0.15, 0.2) is 0 Å². The average molecular weight is 269 g/mol. The summed E-state index contributed by atoms with van der Waals surface area (Å²) in [6.07, 6.45) is 7.51. The predicted octanol–water partition coefficient (Wildman–Crippen LogP) is 2.00. The van der Waals surface area contributed by atoms with E-state index in [1.165, 1.54) is 51.9 Å². The molecule has 0 bridgehead atoms. The van der Waals surface area contributed by atoms with E-state index in [1.807, 2.05) is 0 Å². The molecule has 18 heavy (non-hydrogen) atoms. The summed E-state index contributed by atoms with van der Waals surface area (Å²) >= 11 is 4.92. The largest absolute Gasteiger partial charge is 0.393 e. The first-order valence-corrected chi connectivity index (χ1v) is 7.84. The Morgan fingerprint density at radius 3 is 2.89 bits per heavy atom. The van der Waals surface area contributed by atoms with Gasteiger partial charge in [-0.05, 0) is 52.1 Å². The number of nitrogens with zero attached hydrogens (tertiary/aromatic N) is 2. The van der Waals surface area contributed by atoms with Crippen LogP contribution in [-0.4, -0.2) is 53.1 Å². The van der Waals surface area contributed by atoms with Crippen LogP contribution in [0.1, 0.15) is 45.4 Å². The number of thiocarbonyl (C=S) groups is 1. The molecule has 4 heteroatoms. The highest BCUT2D eigenvalue weighted by Crippen LogP contribution is 2.24. The van der Waals surface area contributed by atoms with Gasteiger partial charge in [0.05, 0.1) is 4.99 Å². The number of piperidine rings is 1. The molecule has 0 aromatic carbocycles. The lowest BCUT2D eigenvalue weighted by atomic mass is 9.97. The number of rotatable bonds is 5. The Morgan fingerprint density at radius 2 is 2.11 bits per heavy atom. The van der Waals surface area contributed by atoms with Crippen molar-refractivity contribution in [1.29, 1.82) is 0 Å². The van der Waals surface area contributed by atoms with Crippen LogP contribution in [0.4, 0.5) is 0 Å². The number of hydrogen-bond acceptors (Lipinski definition) is 3. The molecule has 2 fully saturated rings. The van der Waals surface area contributed by atoms with E-state index in [0.717, 1.165) is 18.9 Å². The quantitative estimate of drug-likeness (QED) is 0.611. The summed E-state index contributed by atoms with van der Waals surface area (Å²) in [6, 6.07) is 1.54. The first-order valence-electron chi connectivity index (χ1n) is 7.43. The van der Waals surface area contributed by atoms with Gasteiger partial charge >= 0.3 is 0 Å². The number of fused-ring (bicyclic) bond motifs is 1. The highest BCUT2D eigenvalue weighted by molar-refractivity contribution is 7.80. The molecule has 2 heterocycles. The maximum absolute atomic E-state index is 5.54. The van der Waals surface area contributed by atoms with Crippen molar-refractivity contribution in [3.05, 3.63) is 0 Å². The van der Waals surface area contributed by atoms with Crippen molar-refractivity contribution in [1.82, 2.24) is 9.80 Å². The molecule has 2 unspecified atom stereocenters. The first kappa shape index (κ1) is 14.2. The van der Waals surface area contributed by atoms with E-state index in [1.54, 1.807) is 0 Å². The van der Waals surface area contributed by atoms with Crippen molar-refractivity contribution in [3.63, 3.8) is 0 Å². The van der Waals surface area contributed by atoms with E-state index in [2.05, 4.69) is 16.7 Å². The molecule has 2 atom stereocenters. The first-order chi connectivity index (χ1) is 8.66. The van der Waals surface area contributed by atoms with Gasteiger partial charge in [0, 0.05) is 25.2 Å². The molecule has 104 valence electrons. The maximum Gasteiger partial charge on any atom is 0.0727 e. The van der Waals surface area contributed by atoms with Crippen molar-refractivity contribution in [2.24, 2.45) is 5.73 Å². The highest BCUT2D eigenvalue weighted by atomic mass is 32.1. The van der Waals surface area contributed by atoms with Crippen LogP contribution in [0.2, 0.25) is 0 Å². The zero-order valence-electron chi connectivity index (χ0n) is 11.6. The van der Waals surface area contributed by atoms with Gasteiger partial charge < -0.3 is 5.73 Å². The Kier molecular flexibility index (Phi) is 5.39. The number of unbranched alkanes of at least 4 members (excludes halogenated alkanes) is 1.